The first-order valence-corrected chi connectivity index (χ1v) is 9.89. The average molecular weight is 383 g/mol. The maximum atomic E-state index is 12.8. The Kier molecular flexibility index (Phi) is 4.89. The van der Waals surface area contributed by atoms with E-state index in [-0.39, 0.29) is 23.4 Å². The van der Waals surface area contributed by atoms with E-state index >= 15 is 0 Å². The van der Waals surface area contributed by atoms with Gasteiger partial charge in [-0.1, -0.05) is 13.8 Å². The van der Waals surface area contributed by atoms with E-state index in [1.807, 2.05) is 35.1 Å². The van der Waals surface area contributed by atoms with Gasteiger partial charge in [0, 0.05) is 11.6 Å². The molecule has 2 aromatic rings. The Bertz CT molecular complexity index is 858. The normalized spacial score (nSPS) is 25.9. The third-order valence-electron chi connectivity index (χ3n) is 5.72. The minimum absolute atomic E-state index is 0.0315. The van der Waals surface area contributed by atoms with Crippen LogP contribution in [0.15, 0.2) is 30.5 Å². The monoisotopic (exact) mass is 383 g/mol. The topological polar surface area (TPSA) is 80.2 Å². The van der Waals surface area contributed by atoms with Crippen LogP contribution in [0.5, 0.6) is 5.75 Å². The van der Waals surface area contributed by atoms with Gasteiger partial charge in [-0.3, -0.25) is 10.2 Å². The summed E-state index contributed by atoms with van der Waals surface area (Å²) in [5.74, 6) is 0.866. The zero-order valence-corrected chi connectivity index (χ0v) is 17.0. The average Bonchev–Trinajstić information content (AvgIpc) is 3.27. The lowest BCUT2D eigenvalue weighted by Gasteiger charge is -2.36. The van der Waals surface area contributed by atoms with Crippen LogP contribution in [0.3, 0.4) is 0 Å². The molecule has 1 aliphatic carbocycles. The van der Waals surface area contributed by atoms with Crippen LogP contribution in [0.25, 0.3) is 5.69 Å². The summed E-state index contributed by atoms with van der Waals surface area (Å²) >= 11 is 0. The van der Waals surface area contributed by atoms with Gasteiger partial charge >= 0.3 is 0 Å². The molecule has 2 heterocycles. The van der Waals surface area contributed by atoms with Crippen molar-refractivity contribution in [3.8, 4) is 11.4 Å². The first kappa shape index (κ1) is 19.0. The number of rotatable bonds is 4. The fraction of sp³-hybridized carbons (Fsp3) is 0.524. The number of hydrazine groups is 1. The van der Waals surface area contributed by atoms with Crippen molar-refractivity contribution in [2.45, 2.75) is 58.2 Å². The Labute approximate surface area is 165 Å². The van der Waals surface area contributed by atoms with Crippen LogP contribution >= 0.6 is 0 Å². The van der Waals surface area contributed by atoms with Crippen LogP contribution in [-0.4, -0.2) is 34.9 Å². The fourth-order valence-electron chi connectivity index (χ4n) is 4.28. The number of benzene rings is 1. The number of carbonyl (C=O) groups is 1. The van der Waals surface area contributed by atoms with Gasteiger partial charge in [0.25, 0.3) is 0 Å². The van der Waals surface area contributed by atoms with Crippen molar-refractivity contribution in [3.63, 3.8) is 0 Å². The summed E-state index contributed by atoms with van der Waals surface area (Å²) in [7, 11) is 1.66. The zero-order valence-electron chi connectivity index (χ0n) is 17.0. The summed E-state index contributed by atoms with van der Waals surface area (Å²) in [6.07, 6.45) is 4.51. The predicted molar refractivity (Wildman–Crippen MR) is 107 cm³/mol. The standard InChI is InChI=1S/C21H29N5O2/c1-13-9-17(25-24-13)20(27)23-18-10-21(2,3)11-19-16(18)12-22-26(19)14-5-7-15(28-4)8-6-14/h5-8,12-13,17-18,24-25H,9-11H2,1-4H3,(H,23,27). The van der Waals surface area contributed by atoms with Crippen molar-refractivity contribution in [2.24, 2.45) is 5.41 Å². The SMILES string of the molecule is COc1ccc(-n2ncc3c2CC(C)(C)CC3NC(=O)C2CC(C)NN2)cc1. The number of nitrogens with one attached hydrogen (secondary N) is 3. The van der Waals surface area contributed by atoms with Gasteiger partial charge in [-0.2, -0.15) is 5.10 Å². The summed E-state index contributed by atoms with van der Waals surface area (Å²) in [5, 5.41) is 7.91. The molecular weight excluding hydrogens is 354 g/mol. The summed E-state index contributed by atoms with van der Waals surface area (Å²) in [5.41, 5.74) is 9.56. The first-order chi connectivity index (χ1) is 13.4. The lowest BCUT2D eigenvalue weighted by Crippen LogP contribution is -2.46. The highest BCUT2D eigenvalue weighted by atomic mass is 16.5. The molecular formula is C21H29N5O2. The molecule has 150 valence electrons. The number of hydrogen-bond donors (Lipinski definition) is 3. The van der Waals surface area contributed by atoms with Gasteiger partial charge in [0.05, 0.1) is 30.7 Å². The smallest absolute Gasteiger partial charge is 0.239 e. The van der Waals surface area contributed by atoms with Gasteiger partial charge in [0.2, 0.25) is 5.91 Å². The number of carbonyl (C=O) groups excluding carboxylic acids is 1. The molecule has 1 aromatic heterocycles. The Balaban J connectivity index is 1.61. The van der Waals surface area contributed by atoms with Crippen LogP contribution in [0.4, 0.5) is 0 Å². The van der Waals surface area contributed by atoms with Gasteiger partial charge in [0.1, 0.15) is 11.8 Å². The molecule has 7 heteroatoms. The number of nitrogens with zero attached hydrogens (tertiary/aromatic N) is 2. The number of aromatic nitrogens is 2. The molecule has 3 unspecified atom stereocenters. The Morgan fingerprint density at radius 2 is 2.04 bits per heavy atom. The van der Waals surface area contributed by atoms with E-state index in [1.165, 1.54) is 0 Å². The maximum absolute atomic E-state index is 12.8. The fourth-order valence-corrected chi connectivity index (χ4v) is 4.28. The van der Waals surface area contributed by atoms with Crippen LogP contribution in [0, 0.1) is 5.41 Å². The maximum Gasteiger partial charge on any atom is 0.239 e. The van der Waals surface area contributed by atoms with Crippen LogP contribution in [-0.2, 0) is 11.2 Å². The predicted octanol–water partition coefficient (Wildman–Crippen LogP) is 2.27. The number of fused-ring (bicyclic) bond motifs is 1. The van der Waals surface area contributed by atoms with Gasteiger partial charge < -0.3 is 10.1 Å². The van der Waals surface area contributed by atoms with Crippen LogP contribution in [0.2, 0.25) is 0 Å². The molecule has 3 atom stereocenters. The lowest BCUT2D eigenvalue weighted by atomic mass is 9.74. The molecule has 1 amide bonds. The third-order valence-corrected chi connectivity index (χ3v) is 5.72. The molecule has 1 aliphatic heterocycles. The van der Waals surface area contributed by atoms with E-state index in [0.29, 0.717) is 6.04 Å². The Hall–Kier alpha value is -2.38. The second-order valence-electron chi connectivity index (χ2n) is 8.74. The third kappa shape index (κ3) is 3.64. The zero-order chi connectivity index (χ0) is 19.9. The molecule has 7 nitrogen and oxygen atoms in total. The highest BCUT2D eigenvalue weighted by molar-refractivity contribution is 5.82. The van der Waals surface area contributed by atoms with Crippen molar-refractivity contribution in [2.75, 3.05) is 7.11 Å². The first-order valence-electron chi connectivity index (χ1n) is 9.89. The molecule has 28 heavy (non-hydrogen) atoms. The van der Waals surface area contributed by atoms with Gasteiger partial charge in [-0.05, 0) is 55.9 Å². The summed E-state index contributed by atoms with van der Waals surface area (Å²) in [6, 6.07) is 7.98. The largest absolute Gasteiger partial charge is 0.497 e. The van der Waals surface area contributed by atoms with Crippen molar-refractivity contribution >= 4 is 5.91 Å². The second-order valence-corrected chi connectivity index (χ2v) is 8.74. The number of hydrogen-bond acceptors (Lipinski definition) is 5. The van der Waals surface area contributed by atoms with E-state index in [9.17, 15) is 4.79 Å². The number of amides is 1. The van der Waals surface area contributed by atoms with Crippen LogP contribution < -0.4 is 20.9 Å². The summed E-state index contributed by atoms with van der Waals surface area (Å²) in [6.45, 7) is 6.57. The molecule has 4 rings (SSSR count). The van der Waals surface area contributed by atoms with E-state index in [2.05, 4.69) is 42.0 Å². The van der Waals surface area contributed by atoms with E-state index in [0.717, 1.165) is 42.0 Å². The van der Waals surface area contributed by atoms with Crippen molar-refractivity contribution in [1.82, 2.24) is 25.9 Å². The molecule has 3 N–H and O–H groups in total. The summed E-state index contributed by atoms with van der Waals surface area (Å²) in [4.78, 5) is 12.8. The molecule has 0 saturated carbocycles. The molecule has 1 saturated heterocycles. The van der Waals surface area contributed by atoms with Gasteiger partial charge in [-0.15, -0.1) is 0 Å². The van der Waals surface area contributed by atoms with Crippen LogP contribution in [0.1, 0.15) is 50.9 Å². The molecule has 0 radical (unpaired) electrons. The van der Waals surface area contributed by atoms with Gasteiger partial charge in [-0.25, -0.2) is 10.1 Å². The number of methoxy groups -OCH3 is 1. The van der Waals surface area contributed by atoms with E-state index < -0.39 is 0 Å². The lowest BCUT2D eigenvalue weighted by molar-refractivity contribution is -0.123. The quantitative estimate of drug-likeness (QED) is 0.755. The summed E-state index contributed by atoms with van der Waals surface area (Å²) < 4.78 is 7.25. The number of ether oxygens (including phenoxy) is 1. The highest BCUT2D eigenvalue weighted by Gasteiger charge is 2.37. The van der Waals surface area contributed by atoms with E-state index in [1.54, 1.807) is 7.11 Å². The van der Waals surface area contributed by atoms with E-state index in [4.69, 9.17) is 4.74 Å². The highest BCUT2D eigenvalue weighted by Crippen LogP contribution is 2.41. The molecule has 0 spiro atoms. The Morgan fingerprint density at radius 3 is 2.68 bits per heavy atom. The molecule has 0 bridgehead atoms. The van der Waals surface area contributed by atoms with Gasteiger partial charge in [0.15, 0.2) is 0 Å². The minimum Gasteiger partial charge on any atom is -0.497 e. The second kappa shape index (κ2) is 7.22. The minimum atomic E-state index is -0.194. The van der Waals surface area contributed by atoms with Crippen molar-refractivity contribution < 1.29 is 9.53 Å². The molecule has 1 aromatic carbocycles. The molecule has 1 fully saturated rings. The molecule has 2 aliphatic rings. The van der Waals surface area contributed by atoms with Crippen molar-refractivity contribution in [3.05, 3.63) is 41.7 Å². The van der Waals surface area contributed by atoms with Crippen molar-refractivity contribution in [1.29, 1.82) is 0 Å². The Morgan fingerprint density at radius 1 is 1.29 bits per heavy atom.